The largest absolute Gasteiger partial charge is 0.343 e. The fourth-order valence-electron chi connectivity index (χ4n) is 0.927. The van der Waals surface area contributed by atoms with Gasteiger partial charge in [0.2, 0.25) is 6.41 Å². The van der Waals surface area contributed by atoms with Gasteiger partial charge in [-0.1, -0.05) is 7.43 Å². The van der Waals surface area contributed by atoms with Gasteiger partial charge in [-0.3, -0.25) is 4.79 Å². The molecule has 0 unspecified atom stereocenters. The third-order valence-corrected chi connectivity index (χ3v) is 1.69. The summed E-state index contributed by atoms with van der Waals surface area (Å²) in [4.78, 5) is 14.2. The molecule has 0 aromatic carbocycles. The first-order chi connectivity index (χ1) is 4.33. The van der Waals surface area contributed by atoms with Crippen molar-refractivity contribution in [1.29, 1.82) is 0 Å². The normalized spacial score (nSPS) is 19.9. The number of carbonyl (C=O) groups excluding carboxylic acids is 1. The van der Waals surface area contributed by atoms with Gasteiger partial charge in [0.1, 0.15) is 0 Å². The fraction of sp³-hybridized carbons (Fsp3) is 0.857. The molecule has 0 aliphatic carbocycles. The van der Waals surface area contributed by atoms with Gasteiger partial charge >= 0.3 is 0 Å². The predicted molar refractivity (Wildman–Crippen MR) is 41.9 cm³/mol. The molecule has 60 valence electrons. The second-order valence-corrected chi connectivity index (χ2v) is 2.44. The fourth-order valence-corrected chi connectivity index (χ4v) is 0.927. The highest BCUT2D eigenvalue weighted by atomic mass is 16.1. The van der Waals surface area contributed by atoms with Crippen molar-refractivity contribution in [2.24, 2.45) is 0 Å². The first kappa shape index (κ1) is 9.43. The van der Waals surface area contributed by atoms with Gasteiger partial charge in [-0.2, -0.15) is 0 Å². The van der Waals surface area contributed by atoms with Gasteiger partial charge in [0.15, 0.2) is 0 Å². The van der Waals surface area contributed by atoms with Crippen LogP contribution < -0.4 is 0 Å². The van der Waals surface area contributed by atoms with E-state index in [-0.39, 0.29) is 7.43 Å². The van der Waals surface area contributed by atoms with Crippen LogP contribution in [0.1, 0.15) is 7.43 Å². The van der Waals surface area contributed by atoms with Crippen molar-refractivity contribution in [3.8, 4) is 0 Å². The molecule has 0 radical (unpaired) electrons. The summed E-state index contributed by atoms with van der Waals surface area (Å²) < 4.78 is 0. The van der Waals surface area contributed by atoms with Crippen molar-refractivity contribution in [3.05, 3.63) is 0 Å². The minimum absolute atomic E-state index is 0. The summed E-state index contributed by atoms with van der Waals surface area (Å²) in [6, 6.07) is 0. The van der Waals surface area contributed by atoms with Crippen LogP contribution in [0, 0.1) is 0 Å². The molecule has 1 aliphatic heterocycles. The number of hydrogen-bond donors (Lipinski definition) is 0. The summed E-state index contributed by atoms with van der Waals surface area (Å²) in [6.45, 7) is 3.80. The van der Waals surface area contributed by atoms with Crippen molar-refractivity contribution in [1.82, 2.24) is 9.80 Å². The maximum absolute atomic E-state index is 10.2. The minimum Gasteiger partial charge on any atom is -0.343 e. The number of piperazine rings is 1. The van der Waals surface area contributed by atoms with Gasteiger partial charge in [0.05, 0.1) is 0 Å². The van der Waals surface area contributed by atoms with E-state index in [4.69, 9.17) is 0 Å². The lowest BCUT2D eigenvalue weighted by Crippen LogP contribution is -2.43. The lowest BCUT2D eigenvalue weighted by atomic mass is 10.4. The summed E-state index contributed by atoms with van der Waals surface area (Å²) in [7, 11) is 2.07. The van der Waals surface area contributed by atoms with Gasteiger partial charge < -0.3 is 9.80 Å². The number of rotatable bonds is 1. The molecule has 1 rings (SSSR count). The van der Waals surface area contributed by atoms with E-state index >= 15 is 0 Å². The molecule has 1 amide bonds. The van der Waals surface area contributed by atoms with E-state index < -0.39 is 0 Å². The Kier molecular flexibility index (Phi) is 4.03. The van der Waals surface area contributed by atoms with E-state index in [1.54, 1.807) is 4.90 Å². The third kappa shape index (κ3) is 2.35. The van der Waals surface area contributed by atoms with Crippen LogP contribution in [0.3, 0.4) is 0 Å². The number of amides is 1. The summed E-state index contributed by atoms with van der Waals surface area (Å²) in [5, 5.41) is 0. The molecule has 0 N–H and O–H groups in total. The van der Waals surface area contributed by atoms with E-state index in [9.17, 15) is 4.79 Å². The van der Waals surface area contributed by atoms with E-state index in [0.717, 1.165) is 32.6 Å². The van der Waals surface area contributed by atoms with Crippen molar-refractivity contribution >= 4 is 6.41 Å². The van der Waals surface area contributed by atoms with Crippen molar-refractivity contribution in [2.45, 2.75) is 7.43 Å². The molecule has 1 aliphatic rings. The zero-order chi connectivity index (χ0) is 6.69. The van der Waals surface area contributed by atoms with Gasteiger partial charge in [-0.25, -0.2) is 0 Å². The zero-order valence-electron chi connectivity index (χ0n) is 5.71. The Balaban J connectivity index is 0.000000810. The first-order valence-electron chi connectivity index (χ1n) is 3.21. The molecule has 0 aromatic rings. The predicted octanol–water partition coefficient (Wildman–Crippen LogP) is 0.0263. The Morgan fingerprint density at radius 3 is 2.10 bits per heavy atom. The summed E-state index contributed by atoms with van der Waals surface area (Å²) in [5.74, 6) is 0. The van der Waals surface area contributed by atoms with Gasteiger partial charge in [0.25, 0.3) is 0 Å². The third-order valence-electron chi connectivity index (χ3n) is 1.69. The highest BCUT2D eigenvalue weighted by molar-refractivity contribution is 5.47. The molecule has 0 aromatic heterocycles. The smallest absolute Gasteiger partial charge is 0.209 e. The summed E-state index contributed by atoms with van der Waals surface area (Å²) in [6.07, 6.45) is 0.924. The Morgan fingerprint density at radius 2 is 1.70 bits per heavy atom. The second kappa shape index (κ2) is 4.28. The molecule has 1 fully saturated rings. The van der Waals surface area contributed by atoms with Gasteiger partial charge in [0, 0.05) is 26.2 Å². The minimum atomic E-state index is 0. The highest BCUT2D eigenvalue weighted by Gasteiger charge is 2.10. The molecular formula is C7H16N2O. The molecule has 1 saturated heterocycles. The molecule has 0 atom stereocenters. The molecule has 3 heteroatoms. The maximum Gasteiger partial charge on any atom is 0.209 e. The maximum atomic E-state index is 10.2. The topological polar surface area (TPSA) is 23.6 Å². The SMILES string of the molecule is C.CN1CCN(C=O)CC1. The molecule has 0 spiro atoms. The lowest BCUT2D eigenvalue weighted by molar-refractivity contribution is -0.119. The van der Waals surface area contributed by atoms with Crippen LogP contribution in [0.5, 0.6) is 0 Å². The molecule has 10 heavy (non-hydrogen) atoms. The van der Waals surface area contributed by atoms with Crippen LogP contribution in [0.25, 0.3) is 0 Å². The van der Waals surface area contributed by atoms with E-state index in [0.29, 0.717) is 0 Å². The van der Waals surface area contributed by atoms with Crippen LogP contribution in [0.15, 0.2) is 0 Å². The number of likely N-dealkylation sites (N-methyl/N-ethyl adjacent to an activating group) is 1. The molecule has 1 heterocycles. The summed E-state index contributed by atoms with van der Waals surface area (Å²) >= 11 is 0. The first-order valence-corrected chi connectivity index (χ1v) is 3.21. The van der Waals surface area contributed by atoms with Gasteiger partial charge in [-0.05, 0) is 7.05 Å². The molecule has 0 bridgehead atoms. The average Bonchev–Trinajstić information content (AvgIpc) is 1.90. The number of hydrogen-bond acceptors (Lipinski definition) is 2. The Morgan fingerprint density at radius 1 is 1.20 bits per heavy atom. The Labute approximate surface area is 62.6 Å². The number of nitrogens with zero attached hydrogens (tertiary/aromatic N) is 2. The van der Waals surface area contributed by atoms with E-state index in [1.807, 2.05) is 0 Å². The van der Waals surface area contributed by atoms with E-state index in [2.05, 4.69) is 11.9 Å². The second-order valence-electron chi connectivity index (χ2n) is 2.44. The quantitative estimate of drug-likeness (QED) is 0.485. The summed E-state index contributed by atoms with van der Waals surface area (Å²) in [5.41, 5.74) is 0. The van der Waals surface area contributed by atoms with Crippen LogP contribution >= 0.6 is 0 Å². The molecular weight excluding hydrogens is 128 g/mol. The van der Waals surface area contributed by atoms with Crippen molar-refractivity contribution in [2.75, 3.05) is 33.2 Å². The zero-order valence-corrected chi connectivity index (χ0v) is 5.71. The van der Waals surface area contributed by atoms with Crippen LogP contribution in [0.4, 0.5) is 0 Å². The highest BCUT2D eigenvalue weighted by Crippen LogP contribution is 1.94. The Hall–Kier alpha value is -0.570. The van der Waals surface area contributed by atoms with Crippen LogP contribution in [-0.4, -0.2) is 49.4 Å². The van der Waals surface area contributed by atoms with Crippen LogP contribution in [-0.2, 0) is 4.79 Å². The molecule has 3 nitrogen and oxygen atoms in total. The van der Waals surface area contributed by atoms with Crippen molar-refractivity contribution in [3.63, 3.8) is 0 Å². The lowest BCUT2D eigenvalue weighted by Gasteiger charge is -2.29. The monoisotopic (exact) mass is 144 g/mol. The number of carbonyl (C=O) groups is 1. The molecule has 0 saturated carbocycles. The average molecular weight is 144 g/mol. The van der Waals surface area contributed by atoms with Crippen LogP contribution in [0.2, 0.25) is 0 Å². The van der Waals surface area contributed by atoms with Gasteiger partial charge in [-0.15, -0.1) is 0 Å². The van der Waals surface area contributed by atoms with E-state index in [1.165, 1.54) is 0 Å². The standard InChI is InChI=1S/C6H12N2O.CH4/c1-7-2-4-8(6-9)5-3-7;/h6H,2-5H2,1H3;1H4. The Bertz CT molecular complexity index is 97.8. The van der Waals surface area contributed by atoms with Crippen molar-refractivity contribution < 1.29 is 4.79 Å².